The van der Waals surface area contributed by atoms with Gasteiger partial charge in [0.1, 0.15) is 5.01 Å². The number of amides is 1. The molecule has 0 aliphatic rings. The third kappa shape index (κ3) is 3.42. The highest BCUT2D eigenvalue weighted by molar-refractivity contribution is 7.09. The fourth-order valence-corrected chi connectivity index (χ4v) is 2.54. The van der Waals surface area contributed by atoms with Crippen molar-refractivity contribution in [3.05, 3.63) is 45.9 Å². The van der Waals surface area contributed by atoms with Gasteiger partial charge < -0.3 is 10.4 Å². The fourth-order valence-electron chi connectivity index (χ4n) is 1.77. The monoisotopic (exact) mass is 290 g/mol. The number of nitrogens with one attached hydrogen (secondary N) is 1. The zero-order valence-electron chi connectivity index (χ0n) is 10.9. The summed E-state index contributed by atoms with van der Waals surface area (Å²) in [6.45, 7) is 2.02. The molecule has 1 heterocycles. The Labute approximate surface area is 120 Å². The number of hydrogen-bond acceptors (Lipinski definition) is 4. The van der Waals surface area contributed by atoms with Gasteiger partial charge in [0.2, 0.25) is 5.91 Å². The lowest BCUT2D eigenvalue weighted by Gasteiger charge is -2.08. The minimum Gasteiger partial charge on any atom is -0.476 e. The normalized spacial score (nSPS) is 10.2. The summed E-state index contributed by atoms with van der Waals surface area (Å²) in [5, 5.41) is 13.5. The van der Waals surface area contributed by atoms with Gasteiger partial charge in [-0.05, 0) is 18.1 Å². The maximum Gasteiger partial charge on any atom is 0.355 e. The Balaban J connectivity index is 2.03. The van der Waals surface area contributed by atoms with Crippen molar-refractivity contribution in [1.82, 2.24) is 4.98 Å². The Bertz CT molecular complexity index is 637. The predicted octanol–water partition coefficient (Wildman–Crippen LogP) is 2.58. The molecule has 5 nitrogen and oxygen atoms in total. The van der Waals surface area contributed by atoms with E-state index < -0.39 is 5.97 Å². The smallest absolute Gasteiger partial charge is 0.355 e. The summed E-state index contributed by atoms with van der Waals surface area (Å²) in [4.78, 5) is 26.5. The molecule has 104 valence electrons. The van der Waals surface area contributed by atoms with Crippen molar-refractivity contribution in [2.75, 3.05) is 5.32 Å². The molecule has 6 heteroatoms. The van der Waals surface area contributed by atoms with Crippen LogP contribution in [0, 0.1) is 0 Å². The van der Waals surface area contributed by atoms with Gasteiger partial charge in [-0.2, -0.15) is 0 Å². The minimum atomic E-state index is -1.08. The lowest BCUT2D eigenvalue weighted by Crippen LogP contribution is -2.15. The second kappa shape index (κ2) is 6.29. The number of carboxylic acid groups (broad SMARTS) is 1. The molecule has 1 amide bonds. The molecule has 20 heavy (non-hydrogen) atoms. The molecule has 0 saturated heterocycles. The average Bonchev–Trinajstić information content (AvgIpc) is 2.88. The summed E-state index contributed by atoms with van der Waals surface area (Å²) in [5.41, 5.74) is 1.83. The van der Waals surface area contributed by atoms with Crippen molar-refractivity contribution in [2.24, 2.45) is 0 Å². The van der Waals surface area contributed by atoms with Gasteiger partial charge in [0, 0.05) is 11.1 Å². The molecule has 0 atom stereocenters. The van der Waals surface area contributed by atoms with Crippen LogP contribution in [-0.4, -0.2) is 22.0 Å². The molecule has 1 aromatic carbocycles. The molecule has 2 N–H and O–H groups in total. The van der Waals surface area contributed by atoms with Gasteiger partial charge in [0.25, 0.3) is 0 Å². The number of thiazole rings is 1. The third-order valence-corrected chi connectivity index (χ3v) is 3.60. The number of benzene rings is 1. The Morgan fingerprint density at radius 2 is 2.10 bits per heavy atom. The van der Waals surface area contributed by atoms with Gasteiger partial charge in [-0.15, -0.1) is 11.3 Å². The van der Waals surface area contributed by atoms with Crippen LogP contribution in [0.5, 0.6) is 0 Å². The number of carboxylic acids is 1. The predicted molar refractivity (Wildman–Crippen MR) is 77.2 cm³/mol. The molecule has 2 aromatic rings. The molecule has 0 unspecified atom stereocenters. The molecule has 1 aromatic heterocycles. The molecule has 0 spiro atoms. The van der Waals surface area contributed by atoms with E-state index in [4.69, 9.17) is 5.11 Å². The van der Waals surface area contributed by atoms with Crippen LogP contribution >= 0.6 is 11.3 Å². The largest absolute Gasteiger partial charge is 0.476 e. The SMILES string of the molecule is CCc1ccccc1NC(=O)Cc1nc(C(=O)O)cs1. The van der Waals surface area contributed by atoms with Gasteiger partial charge in [-0.25, -0.2) is 9.78 Å². The zero-order valence-corrected chi connectivity index (χ0v) is 11.7. The Hall–Kier alpha value is -2.21. The topological polar surface area (TPSA) is 79.3 Å². The van der Waals surface area contributed by atoms with Crippen molar-refractivity contribution in [3.8, 4) is 0 Å². The van der Waals surface area contributed by atoms with Crippen molar-refractivity contribution >= 4 is 28.9 Å². The fraction of sp³-hybridized carbons (Fsp3) is 0.214. The number of hydrogen-bond donors (Lipinski definition) is 2. The van der Waals surface area contributed by atoms with Crippen molar-refractivity contribution < 1.29 is 14.7 Å². The lowest BCUT2D eigenvalue weighted by molar-refractivity contribution is -0.115. The van der Waals surface area contributed by atoms with Crippen LogP contribution in [0.2, 0.25) is 0 Å². The highest BCUT2D eigenvalue weighted by Gasteiger charge is 2.12. The van der Waals surface area contributed by atoms with Gasteiger partial charge in [0.05, 0.1) is 6.42 Å². The number of rotatable bonds is 5. The van der Waals surface area contributed by atoms with Crippen LogP contribution < -0.4 is 5.32 Å². The van der Waals surface area contributed by atoms with Gasteiger partial charge in [-0.1, -0.05) is 25.1 Å². The molecule has 2 rings (SSSR count). The maximum atomic E-state index is 11.9. The number of aromatic carboxylic acids is 1. The average molecular weight is 290 g/mol. The second-order valence-electron chi connectivity index (χ2n) is 4.17. The maximum absolute atomic E-state index is 11.9. The van der Waals surface area contributed by atoms with Crippen LogP contribution in [0.3, 0.4) is 0 Å². The third-order valence-electron chi connectivity index (χ3n) is 2.76. The van der Waals surface area contributed by atoms with Crippen LogP contribution in [0.25, 0.3) is 0 Å². The first-order valence-corrected chi connectivity index (χ1v) is 7.03. The molecular formula is C14H14N2O3S. The van der Waals surface area contributed by atoms with E-state index >= 15 is 0 Å². The van der Waals surface area contributed by atoms with E-state index in [1.165, 1.54) is 16.7 Å². The summed E-state index contributed by atoms with van der Waals surface area (Å²) in [6, 6.07) is 7.60. The van der Waals surface area contributed by atoms with E-state index in [0.29, 0.717) is 5.01 Å². The van der Waals surface area contributed by atoms with E-state index in [1.807, 2.05) is 31.2 Å². The first-order chi connectivity index (χ1) is 9.60. The summed E-state index contributed by atoms with van der Waals surface area (Å²) in [6.07, 6.45) is 0.910. The Morgan fingerprint density at radius 3 is 2.75 bits per heavy atom. The summed E-state index contributed by atoms with van der Waals surface area (Å²) in [5.74, 6) is -1.28. The van der Waals surface area contributed by atoms with E-state index in [1.54, 1.807) is 0 Å². The Kier molecular flexibility index (Phi) is 4.47. The minimum absolute atomic E-state index is 0.0215. The van der Waals surface area contributed by atoms with Crippen molar-refractivity contribution in [2.45, 2.75) is 19.8 Å². The van der Waals surface area contributed by atoms with E-state index in [0.717, 1.165) is 17.7 Å². The second-order valence-corrected chi connectivity index (χ2v) is 5.11. The zero-order chi connectivity index (χ0) is 14.5. The summed E-state index contributed by atoms with van der Waals surface area (Å²) in [7, 11) is 0. The molecule has 0 aliphatic heterocycles. The highest BCUT2D eigenvalue weighted by atomic mass is 32.1. The lowest BCUT2D eigenvalue weighted by atomic mass is 10.1. The number of carbonyl (C=O) groups is 2. The van der Waals surface area contributed by atoms with Gasteiger partial charge in [0.15, 0.2) is 5.69 Å². The highest BCUT2D eigenvalue weighted by Crippen LogP contribution is 2.16. The number of aryl methyl sites for hydroxylation is 1. The van der Waals surface area contributed by atoms with Crippen molar-refractivity contribution in [3.63, 3.8) is 0 Å². The molecule has 0 radical (unpaired) electrons. The van der Waals surface area contributed by atoms with Crippen LogP contribution in [0.4, 0.5) is 5.69 Å². The summed E-state index contributed by atoms with van der Waals surface area (Å²) >= 11 is 1.17. The Morgan fingerprint density at radius 1 is 1.35 bits per heavy atom. The van der Waals surface area contributed by atoms with Crippen LogP contribution in [0.15, 0.2) is 29.6 Å². The van der Waals surface area contributed by atoms with Crippen molar-refractivity contribution in [1.29, 1.82) is 0 Å². The quantitative estimate of drug-likeness (QED) is 0.887. The standard InChI is InChI=1S/C14H14N2O3S/c1-2-9-5-3-4-6-10(9)15-12(17)7-13-16-11(8-20-13)14(18)19/h3-6,8H,2,7H2,1H3,(H,15,17)(H,18,19). The number of nitrogens with zero attached hydrogens (tertiary/aromatic N) is 1. The molecule has 0 bridgehead atoms. The van der Waals surface area contributed by atoms with E-state index in [2.05, 4.69) is 10.3 Å². The van der Waals surface area contributed by atoms with Crippen LogP contribution in [0.1, 0.15) is 28.0 Å². The molecule has 0 aliphatic carbocycles. The number of carbonyl (C=O) groups excluding carboxylic acids is 1. The first-order valence-electron chi connectivity index (χ1n) is 6.15. The number of aromatic nitrogens is 1. The van der Waals surface area contributed by atoms with E-state index in [-0.39, 0.29) is 18.0 Å². The summed E-state index contributed by atoms with van der Waals surface area (Å²) < 4.78 is 0. The van der Waals surface area contributed by atoms with E-state index in [9.17, 15) is 9.59 Å². The molecule has 0 saturated carbocycles. The van der Waals surface area contributed by atoms with Gasteiger partial charge >= 0.3 is 5.97 Å². The first kappa shape index (κ1) is 14.2. The molecule has 0 fully saturated rings. The molecular weight excluding hydrogens is 276 g/mol. The van der Waals surface area contributed by atoms with Gasteiger partial charge in [-0.3, -0.25) is 4.79 Å². The number of para-hydroxylation sites is 1. The number of anilines is 1. The van der Waals surface area contributed by atoms with Crippen LogP contribution in [-0.2, 0) is 17.6 Å².